The van der Waals surface area contributed by atoms with Crippen LogP contribution in [0, 0.1) is 5.41 Å². The maximum atomic E-state index is 12.7. The van der Waals surface area contributed by atoms with Crippen LogP contribution in [-0.4, -0.2) is 12.0 Å². The van der Waals surface area contributed by atoms with Gasteiger partial charge in [0.25, 0.3) is 0 Å². The van der Waals surface area contributed by atoms with Crippen LogP contribution >= 0.6 is 15.9 Å². The number of hydrogen-bond acceptors (Lipinski definition) is 1. The first-order chi connectivity index (χ1) is 7.37. The zero-order chi connectivity index (χ0) is 12.0. The molecule has 0 unspecified atom stereocenters. The van der Waals surface area contributed by atoms with Gasteiger partial charge < -0.3 is 0 Å². The normalized spacial score (nSPS) is 18.2. The van der Waals surface area contributed by atoms with E-state index in [1.807, 2.05) is 0 Å². The van der Waals surface area contributed by atoms with Gasteiger partial charge in [-0.05, 0) is 25.0 Å². The van der Waals surface area contributed by atoms with Gasteiger partial charge in [-0.25, -0.2) is 0 Å². The van der Waals surface area contributed by atoms with Gasteiger partial charge in [0, 0.05) is 10.0 Å². The maximum Gasteiger partial charge on any atom is 0.401 e. The minimum absolute atomic E-state index is 0.0919. The zero-order valence-corrected chi connectivity index (χ0v) is 9.73. The van der Waals surface area contributed by atoms with Crippen molar-refractivity contribution in [2.24, 2.45) is 5.41 Å². The summed E-state index contributed by atoms with van der Waals surface area (Å²) in [5.41, 5.74) is -1.99. The summed E-state index contributed by atoms with van der Waals surface area (Å²) in [5.74, 6) is -0.812. The lowest BCUT2D eigenvalue weighted by Gasteiger charge is -2.17. The van der Waals surface area contributed by atoms with Crippen molar-refractivity contribution < 1.29 is 18.0 Å². The van der Waals surface area contributed by atoms with Crippen molar-refractivity contribution >= 4 is 21.7 Å². The third kappa shape index (κ3) is 1.77. The fourth-order valence-electron chi connectivity index (χ4n) is 1.64. The Kier molecular flexibility index (Phi) is 2.61. The topological polar surface area (TPSA) is 17.1 Å². The Balaban J connectivity index is 2.30. The lowest BCUT2D eigenvalue weighted by atomic mass is 9.94. The molecule has 1 aromatic rings. The average molecular weight is 293 g/mol. The van der Waals surface area contributed by atoms with Gasteiger partial charge in [0.15, 0.2) is 5.78 Å². The molecule has 86 valence electrons. The summed E-state index contributed by atoms with van der Waals surface area (Å²) in [6.07, 6.45) is -4.62. The number of carbonyl (C=O) groups excluding carboxylic acids is 1. The lowest BCUT2D eigenvalue weighted by molar-refractivity contribution is -0.171. The Morgan fingerprint density at radius 3 is 2.06 bits per heavy atom. The molecule has 0 amide bonds. The highest BCUT2D eigenvalue weighted by Crippen LogP contribution is 2.59. The molecule has 1 saturated carbocycles. The molecule has 16 heavy (non-hydrogen) atoms. The second-order valence-electron chi connectivity index (χ2n) is 3.92. The number of halogens is 4. The highest BCUT2D eigenvalue weighted by Gasteiger charge is 2.68. The Hall–Kier alpha value is -0.840. The number of alkyl halides is 3. The minimum atomic E-state index is -4.43. The van der Waals surface area contributed by atoms with Crippen LogP contribution in [-0.2, 0) is 0 Å². The first-order valence-corrected chi connectivity index (χ1v) is 5.53. The number of hydrogen-bond donors (Lipinski definition) is 0. The molecule has 1 fully saturated rings. The van der Waals surface area contributed by atoms with E-state index in [0.717, 1.165) is 4.47 Å². The van der Waals surface area contributed by atoms with E-state index in [1.165, 1.54) is 12.1 Å². The van der Waals surface area contributed by atoms with Crippen molar-refractivity contribution in [1.82, 2.24) is 0 Å². The van der Waals surface area contributed by atoms with Gasteiger partial charge in [-0.3, -0.25) is 4.79 Å². The van der Waals surface area contributed by atoms with Gasteiger partial charge in [0.05, 0.1) is 0 Å². The van der Waals surface area contributed by atoms with Crippen molar-refractivity contribution in [1.29, 1.82) is 0 Å². The van der Waals surface area contributed by atoms with Crippen molar-refractivity contribution in [2.45, 2.75) is 19.0 Å². The molecule has 0 bridgehead atoms. The third-order valence-corrected chi connectivity index (χ3v) is 3.36. The first-order valence-electron chi connectivity index (χ1n) is 4.74. The standard InChI is InChI=1S/C11H8BrF3O/c12-8-3-1-7(2-4-8)9(16)10(5-6-10)11(13,14)15/h1-4H,5-6H2. The average Bonchev–Trinajstić information content (AvgIpc) is 2.97. The van der Waals surface area contributed by atoms with Gasteiger partial charge in [-0.2, -0.15) is 13.2 Å². The highest BCUT2D eigenvalue weighted by molar-refractivity contribution is 9.10. The zero-order valence-electron chi connectivity index (χ0n) is 8.14. The fourth-order valence-corrected chi connectivity index (χ4v) is 1.91. The minimum Gasteiger partial charge on any atom is -0.293 e. The molecule has 0 aliphatic heterocycles. The predicted octanol–water partition coefficient (Wildman–Crippen LogP) is 3.97. The molecule has 1 aliphatic rings. The van der Waals surface area contributed by atoms with E-state index in [-0.39, 0.29) is 18.4 Å². The molecule has 1 aromatic carbocycles. The monoisotopic (exact) mass is 292 g/mol. The summed E-state index contributed by atoms with van der Waals surface area (Å²) in [5, 5.41) is 0. The molecule has 0 spiro atoms. The van der Waals surface area contributed by atoms with Gasteiger partial charge >= 0.3 is 6.18 Å². The van der Waals surface area contributed by atoms with Crippen molar-refractivity contribution in [3.63, 3.8) is 0 Å². The molecule has 5 heteroatoms. The molecule has 1 aliphatic carbocycles. The van der Waals surface area contributed by atoms with Crippen LogP contribution < -0.4 is 0 Å². The summed E-state index contributed by atoms with van der Waals surface area (Å²) < 4.78 is 38.8. The van der Waals surface area contributed by atoms with Crippen LogP contribution in [0.1, 0.15) is 23.2 Å². The van der Waals surface area contributed by atoms with E-state index in [4.69, 9.17) is 0 Å². The molecule has 1 nitrogen and oxygen atoms in total. The summed E-state index contributed by atoms with van der Waals surface area (Å²) in [6.45, 7) is 0. The van der Waals surface area contributed by atoms with Gasteiger partial charge in [0.2, 0.25) is 0 Å². The fraction of sp³-hybridized carbons (Fsp3) is 0.364. The largest absolute Gasteiger partial charge is 0.401 e. The Labute approximate surface area is 98.8 Å². The highest BCUT2D eigenvalue weighted by atomic mass is 79.9. The maximum absolute atomic E-state index is 12.7. The molecular weight excluding hydrogens is 285 g/mol. The number of benzene rings is 1. The van der Waals surface area contributed by atoms with E-state index in [9.17, 15) is 18.0 Å². The van der Waals surface area contributed by atoms with Crippen LogP contribution in [0.25, 0.3) is 0 Å². The van der Waals surface area contributed by atoms with E-state index < -0.39 is 17.4 Å². The number of Topliss-reactive ketones (excluding diaryl/α,β-unsaturated/α-hetero) is 1. The van der Waals surface area contributed by atoms with Crippen LogP contribution in [0.2, 0.25) is 0 Å². The summed E-state index contributed by atoms with van der Waals surface area (Å²) in [6, 6.07) is 5.97. The second kappa shape index (κ2) is 3.58. The van der Waals surface area contributed by atoms with E-state index in [0.29, 0.717) is 0 Å². The summed E-state index contributed by atoms with van der Waals surface area (Å²) >= 11 is 3.17. The van der Waals surface area contributed by atoms with E-state index >= 15 is 0 Å². The smallest absolute Gasteiger partial charge is 0.293 e. The number of ketones is 1. The predicted molar refractivity (Wildman–Crippen MR) is 56.2 cm³/mol. The van der Waals surface area contributed by atoms with E-state index in [2.05, 4.69) is 15.9 Å². The van der Waals surface area contributed by atoms with Crippen LogP contribution in [0.5, 0.6) is 0 Å². The molecule has 0 aromatic heterocycles. The van der Waals surface area contributed by atoms with Gasteiger partial charge in [0.1, 0.15) is 5.41 Å². The number of carbonyl (C=O) groups is 1. The van der Waals surface area contributed by atoms with Crippen molar-refractivity contribution in [2.75, 3.05) is 0 Å². The van der Waals surface area contributed by atoms with Gasteiger partial charge in [-0.1, -0.05) is 28.1 Å². The van der Waals surface area contributed by atoms with Crippen LogP contribution in [0.3, 0.4) is 0 Å². The van der Waals surface area contributed by atoms with Crippen molar-refractivity contribution in [3.05, 3.63) is 34.3 Å². The summed E-state index contributed by atoms with van der Waals surface area (Å²) in [4.78, 5) is 11.8. The molecule has 0 heterocycles. The Morgan fingerprint density at radius 2 is 1.69 bits per heavy atom. The molecule has 0 radical (unpaired) electrons. The molecule has 0 N–H and O–H groups in total. The van der Waals surface area contributed by atoms with Crippen LogP contribution in [0.4, 0.5) is 13.2 Å². The first kappa shape index (κ1) is 11.6. The summed E-state index contributed by atoms with van der Waals surface area (Å²) in [7, 11) is 0. The molecular formula is C11H8BrF3O. The third-order valence-electron chi connectivity index (χ3n) is 2.83. The Morgan fingerprint density at radius 1 is 1.19 bits per heavy atom. The quantitative estimate of drug-likeness (QED) is 0.754. The SMILES string of the molecule is O=C(c1ccc(Br)cc1)C1(C(F)(F)F)CC1. The molecule has 0 saturated heterocycles. The van der Waals surface area contributed by atoms with Gasteiger partial charge in [-0.15, -0.1) is 0 Å². The Bertz CT molecular complexity index is 418. The lowest BCUT2D eigenvalue weighted by Crippen LogP contribution is -2.32. The second-order valence-corrected chi connectivity index (χ2v) is 4.83. The number of rotatable bonds is 2. The molecule has 0 atom stereocenters. The molecule has 2 rings (SSSR count). The van der Waals surface area contributed by atoms with E-state index in [1.54, 1.807) is 12.1 Å². The van der Waals surface area contributed by atoms with Crippen molar-refractivity contribution in [3.8, 4) is 0 Å². The van der Waals surface area contributed by atoms with Crippen LogP contribution in [0.15, 0.2) is 28.7 Å².